The molecule has 0 aliphatic carbocycles. The number of nitrogens with zero attached hydrogens (tertiary/aromatic N) is 2. The molecule has 5 nitrogen and oxygen atoms in total. The molecule has 1 fully saturated rings. The third-order valence-corrected chi connectivity index (χ3v) is 7.67. The van der Waals surface area contributed by atoms with Crippen molar-refractivity contribution in [1.82, 2.24) is 9.80 Å². The minimum absolute atomic E-state index is 0.0138. The number of carbonyl (C=O) groups excluding carboxylic acids is 1. The Morgan fingerprint density at radius 1 is 1.15 bits per heavy atom. The number of hydrogen-bond donors (Lipinski definition) is 1. The fourth-order valence-corrected chi connectivity index (χ4v) is 5.54. The monoisotopic (exact) mass is 482 g/mol. The first-order chi connectivity index (χ1) is 16.5. The molecular formula is C27H31FN2O3S. The minimum atomic E-state index is -0.226. The number of aromatic hydroxyl groups is 1. The van der Waals surface area contributed by atoms with E-state index in [1.807, 2.05) is 53.7 Å². The molecule has 0 saturated carbocycles. The molecule has 0 bridgehead atoms. The molecule has 7 heteroatoms. The van der Waals surface area contributed by atoms with Gasteiger partial charge in [0.15, 0.2) is 11.5 Å². The van der Waals surface area contributed by atoms with Crippen LogP contribution in [0.1, 0.15) is 33.6 Å². The first-order valence-corrected chi connectivity index (χ1v) is 12.5. The number of phenolic OH excluding ortho intramolecular Hbond substituents is 1. The van der Waals surface area contributed by atoms with Gasteiger partial charge in [0.1, 0.15) is 5.82 Å². The van der Waals surface area contributed by atoms with E-state index < -0.39 is 0 Å². The highest BCUT2D eigenvalue weighted by Crippen LogP contribution is 2.33. The van der Waals surface area contributed by atoms with Crippen LogP contribution in [0.3, 0.4) is 0 Å². The summed E-state index contributed by atoms with van der Waals surface area (Å²) in [4.78, 5) is 18.0. The summed E-state index contributed by atoms with van der Waals surface area (Å²) in [5.41, 5.74) is 1.48. The van der Waals surface area contributed by atoms with Gasteiger partial charge in [0, 0.05) is 25.2 Å². The number of thiophene rings is 1. The van der Waals surface area contributed by atoms with E-state index in [2.05, 4.69) is 4.90 Å². The fraction of sp³-hybridized carbons (Fsp3) is 0.370. The second kappa shape index (κ2) is 11.0. The number of ether oxygens (including phenoxy) is 1. The zero-order valence-corrected chi connectivity index (χ0v) is 20.4. The van der Waals surface area contributed by atoms with E-state index in [-0.39, 0.29) is 29.4 Å². The Labute approximate surface area is 204 Å². The number of phenols is 1. The molecule has 1 aliphatic heterocycles. The van der Waals surface area contributed by atoms with Crippen molar-refractivity contribution < 1.29 is 19.0 Å². The van der Waals surface area contributed by atoms with Crippen molar-refractivity contribution in [2.24, 2.45) is 5.92 Å². The van der Waals surface area contributed by atoms with Crippen LogP contribution in [0.25, 0.3) is 0 Å². The summed E-state index contributed by atoms with van der Waals surface area (Å²) in [6, 6.07) is 16.0. The van der Waals surface area contributed by atoms with Gasteiger partial charge in [-0.3, -0.25) is 9.69 Å². The number of likely N-dealkylation sites (N-methyl/N-ethyl adjacent to an activating group) is 1. The van der Waals surface area contributed by atoms with E-state index in [0.717, 1.165) is 31.5 Å². The van der Waals surface area contributed by atoms with E-state index >= 15 is 0 Å². The van der Waals surface area contributed by atoms with Crippen LogP contribution in [-0.4, -0.2) is 54.1 Å². The highest BCUT2D eigenvalue weighted by atomic mass is 32.1. The number of likely N-dealkylation sites (tertiary alicyclic amines) is 1. The van der Waals surface area contributed by atoms with E-state index in [0.29, 0.717) is 29.2 Å². The zero-order valence-electron chi connectivity index (χ0n) is 19.6. The quantitative estimate of drug-likeness (QED) is 0.480. The number of amides is 1. The van der Waals surface area contributed by atoms with E-state index in [4.69, 9.17) is 4.74 Å². The average Bonchev–Trinajstić information content (AvgIpc) is 3.40. The van der Waals surface area contributed by atoms with Crippen molar-refractivity contribution in [3.63, 3.8) is 0 Å². The standard InChI is InChI=1S/C27H31FN2O3S/c1-29(27(32)25-11-6-16-34-25)23(17-20-7-3-4-9-22(20)28)19-12-14-30(15-13-19)18-21-8-5-10-24(33-2)26(21)31/h3-11,16,19,23,31H,12-15,17-18H2,1-2H3/t23-/m1/s1. The van der Waals surface area contributed by atoms with Crippen molar-refractivity contribution >= 4 is 17.2 Å². The van der Waals surface area contributed by atoms with Crippen LogP contribution in [0.15, 0.2) is 60.0 Å². The molecule has 1 atom stereocenters. The van der Waals surface area contributed by atoms with E-state index in [9.17, 15) is 14.3 Å². The van der Waals surface area contributed by atoms with Gasteiger partial charge in [-0.2, -0.15) is 0 Å². The Morgan fingerprint density at radius 2 is 1.88 bits per heavy atom. The van der Waals surface area contributed by atoms with Crippen LogP contribution < -0.4 is 4.74 Å². The van der Waals surface area contributed by atoms with E-state index in [1.165, 1.54) is 17.4 Å². The summed E-state index contributed by atoms with van der Waals surface area (Å²) in [6.45, 7) is 2.32. The summed E-state index contributed by atoms with van der Waals surface area (Å²) < 4.78 is 19.7. The van der Waals surface area contributed by atoms with Gasteiger partial charge in [-0.15, -0.1) is 11.3 Å². The maximum Gasteiger partial charge on any atom is 0.263 e. The third-order valence-electron chi connectivity index (χ3n) is 6.81. The lowest BCUT2D eigenvalue weighted by atomic mass is 9.84. The summed E-state index contributed by atoms with van der Waals surface area (Å²) in [5.74, 6) is 0.677. The van der Waals surface area contributed by atoms with Gasteiger partial charge in [0.05, 0.1) is 12.0 Å². The molecule has 180 valence electrons. The summed E-state index contributed by atoms with van der Waals surface area (Å²) >= 11 is 1.43. The van der Waals surface area contributed by atoms with Crippen LogP contribution in [0.4, 0.5) is 4.39 Å². The van der Waals surface area contributed by atoms with Crippen LogP contribution in [0, 0.1) is 11.7 Å². The average molecular weight is 483 g/mol. The molecule has 34 heavy (non-hydrogen) atoms. The van der Waals surface area contributed by atoms with Gasteiger partial charge >= 0.3 is 0 Å². The van der Waals surface area contributed by atoms with Crippen molar-refractivity contribution in [1.29, 1.82) is 0 Å². The molecule has 2 aromatic carbocycles. The first-order valence-electron chi connectivity index (χ1n) is 11.6. The molecule has 1 amide bonds. The van der Waals surface area contributed by atoms with Gasteiger partial charge in [-0.1, -0.05) is 36.4 Å². The third kappa shape index (κ3) is 5.42. The molecular weight excluding hydrogens is 451 g/mol. The van der Waals surface area contributed by atoms with Gasteiger partial charge < -0.3 is 14.7 Å². The molecule has 0 spiro atoms. The van der Waals surface area contributed by atoms with Gasteiger partial charge in [0.25, 0.3) is 5.91 Å². The Bertz CT molecular complexity index is 1100. The Morgan fingerprint density at radius 3 is 2.56 bits per heavy atom. The smallest absolute Gasteiger partial charge is 0.263 e. The summed E-state index contributed by atoms with van der Waals surface area (Å²) in [7, 11) is 3.39. The second-order valence-corrected chi connectivity index (χ2v) is 9.79. The number of para-hydroxylation sites is 1. The Hall–Kier alpha value is -2.90. The number of halogens is 1. The molecule has 1 saturated heterocycles. The number of carbonyl (C=O) groups is 1. The van der Waals surface area contributed by atoms with Crippen molar-refractivity contribution in [3.05, 3.63) is 81.8 Å². The lowest BCUT2D eigenvalue weighted by molar-refractivity contribution is 0.0587. The van der Waals surface area contributed by atoms with Crippen LogP contribution in [0.5, 0.6) is 11.5 Å². The summed E-state index contributed by atoms with van der Waals surface area (Å²) in [5, 5.41) is 12.3. The second-order valence-electron chi connectivity index (χ2n) is 8.84. The first kappa shape index (κ1) is 24.2. The number of methoxy groups -OCH3 is 1. The predicted molar refractivity (Wildman–Crippen MR) is 133 cm³/mol. The number of piperidine rings is 1. The zero-order chi connectivity index (χ0) is 24.1. The van der Waals surface area contributed by atoms with Crippen molar-refractivity contribution in [2.45, 2.75) is 31.8 Å². The highest BCUT2D eigenvalue weighted by Gasteiger charge is 2.33. The molecule has 0 radical (unpaired) electrons. The number of hydrogen-bond acceptors (Lipinski definition) is 5. The van der Waals surface area contributed by atoms with Crippen LogP contribution >= 0.6 is 11.3 Å². The topological polar surface area (TPSA) is 53.0 Å². The van der Waals surface area contributed by atoms with Gasteiger partial charge in [0.2, 0.25) is 0 Å². The summed E-state index contributed by atoms with van der Waals surface area (Å²) in [6.07, 6.45) is 2.28. The predicted octanol–water partition coefficient (Wildman–Crippen LogP) is 5.20. The van der Waals surface area contributed by atoms with Crippen LogP contribution in [0.2, 0.25) is 0 Å². The van der Waals surface area contributed by atoms with Gasteiger partial charge in [-0.05, 0) is 67.4 Å². The van der Waals surface area contributed by atoms with Crippen molar-refractivity contribution in [3.8, 4) is 11.5 Å². The van der Waals surface area contributed by atoms with Crippen molar-refractivity contribution in [2.75, 3.05) is 27.2 Å². The SMILES string of the molecule is COc1cccc(CN2CCC([C@@H](Cc3ccccc3F)N(C)C(=O)c3cccs3)CC2)c1O. The maximum absolute atomic E-state index is 14.5. The molecule has 1 N–H and O–H groups in total. The fourth-order valence-electron chi connectivity index (χ4n) is 4.83. The molecule has 1 aromatic heterocycles. The molecule has 0 unspecified atom stereocenters. The van der Waals surface area contributed by atoms with E-state index in [1.54, 1.807) is 19.2 Å². The van der Waals surface area contributed by atoms with Crippen LogP contribution in [-0.2, 0) is 13.0 Å². The normalized spacial score (nSPS) is 15.7. The lowest BCUT2D eigenvalue weighted by Crippen LogP contribution is -2.47. The Balaban J connectivity index is 1.48. The maximum atomic E-state index is 14.5. The Kier molecular flexibility index (Phi) is 7.85. The molecule has 2 heterocycles. The molecule has 4 rings (SSSR count). The number of benzene rings is 2. The van der Waals surface area contributed by atoms with Gasteiger partial charge in [-0.25, -0.2) is 4.39 Å². The lowest BCUT2D eigenvalue weighted by Gasteiger charge is -2.40. The number of rotatable bonds is 8. The molecule has 1 aliphatic rings. The highest BCUT2D eigenvalue weighted by molar-refractivity contribution is 7.12. The largest absolute Gasteiger partial charge is 0.504 e. The minimum Gasteiger partial charge on any atom is -0.504 e. The molecule has 3 aromatic rings.